The zero-order valence-corrected chi connectivity index (χ0v) is 16.7. The van der Waals surface area contributed by atoms with Gasteiger partial charge in [-0.05, 0) is 43.2 Å². The molecule has 0 fully saturated rings. The van der Waals surface area contributed by atoms with E-state index >= 15 is 0 Å². The Labute approximate surface area is 161 Å². The van der Waals surface area contributed by atoms with Crippen LogP contribution in [0.5, 0.6) is 0 Å². The lowest BCUT2D eigenvalue weighted by Crippen LogP contribution is -2.39. The topological polar surface area (TPSA) is 87.3 Å². The van der Waals surface area contributed by atoms with Crippen LogP contribution >= 0.6 is 0 Å². The van der Waals surface area contributed by atoms with Crippen LogP contribution in [-0.2, 0) is 14.8 Å². The van der Waals surface area contributed by atoms with Crippen LogP contribution in [-0.4, -0.2) is 26.6 Å². The van der Waals surface area contributed by atoms with Crippen LogP contribution in [0.1, 0.15) is 38.3 Å². The minimum absolute atomic E-state index is 0.0192. The van der Waals surface area contributed by atoms with E-state index in [1.54, 1.807) is 31.2 Å². The summed E-state index contributed by atoms with van der Waals surface area (Å²) in [6, 6.07) is 16.3. The molecular weight excluding hydrogens is 362 g/mol. The number of anilines is 2. The van der Waals surface area contributed by atoms with E-state index in [9.17, 15) is 13.2 Å². The standard InChI is InChI=1S/C20H27N3O3S/c1-4-8-19(16-9-6-5-7-10-16)22-20(24)15(2)21-17-11-13-18(14-12-17)23-27(3,25)26/h5-7,9-15,19,21,23H,4,8H2,1-3H3,(H,22,24)/t15-,19+/m1/s1. The average Bonchev–Trinajstić information content (AvgIpc) is 2.62. The molecule has 0 aliphatic heterocycles. The molecule has 0 aliphatic rings. The summed E-state index contributed by atoms with van der Waals surface area (Å²) in [4.78, 5) is 12.6. The number of sulfonamides is 1. The molecule has 0 saturated heterocycles. The van der Waals surface area contributed by atoms with Crippen LogP contribution in [0.4, 0.5) is 11.4 Å². The largest absolute Gasteiger partial charge is 0.374 e. The third kappa shape index (κ3) is 6.94. The number of benzene rings is 2. The van der Waals surface area contributed by atoms with E-state index < -0.39 is 16.1 Å². The van der Waals surface area contributed by atoms with Crippen molar-refractivity contribution in [2.45, 2.75) is 38.8 Å². The van der Waals surface area contributed by atoms with Gasteiger partial charge >= 0.3 is 0 Å². The molecule has 0 aromatic heterocycles. The summed E-state index contributed by atoms with van der Waals surface area (Å²) < 4.78 is 24.9. The van der Waals surface area contributed by atoms with Crippen molar-refractivity contribution in [1.29, 1.82) is 0 Å². The fourth-order valence-corrected chi connectivity index (χ4v) is 3.32. The van der Waals surface area contributed by atoms with Gasteiger partial charge in [-0.3, -0.25) is 9.52 Å². The van der Waals surface area contributed by atoms with Gasteiger partial charge in [0.05, 0.1) is 12.3 Å². The number of nitrogens with one attached hydrogen (secondary N) is 3. The second-order valence-corrected chi connectivity index (χ2v) is 8.33. The number of hydrogen-bond acceptors (Lipinski definition) is 4. The van der Waals surface area contributed by atoms with Crippen molar-refractivity contribution in [1.82, 2.24) is 5.32 Å². The molecule has 2 rings (SSSR count). The summed E-state index contributed by atoms with van der Waals surface area (Å²) in [6.45, 7) is 3.89. The predicted octanol–water partition coefficient (Wildman–Crippen LogP) is 3.52. The van der Waals surface area contributed by atoms with Crippen molar-refractivity contribution in [3.05, 3.63) is 60.2 Å². The molecule has 146 valence electrons. The van der Waals surface area contributed by atoms with Crippen LogP contribution in [0.3, 0.4) is 0 Å². The van der Waals surface area contributed by atoms with Gasteiger partial charge in [-0.25, -0.2) is 8.42 Å². The zero-order valence-electron chi connectivity index (χ0n) is 15.9. The molecule has 0 saturated carbocycles. The monoisotopic (exact) mass is 389 g/mol. The van der Waals surface area contributed by atoms with Crippen LogP contribution in [0.2, 0.25) is 0 Å². The first-order valence-corrected chi connectivity index (χ1v) is 10.9. The Morgan fingerprint density at radius 3 is 2.15 bits per heavy atom. The van der Waals surface area contributed by atoms with Crippen molar-refractivity contribution in [2.75, 3.05) is 16.3 Å². The van der Waals surface area contributed by atoms with Gasteiger partial charge in [0.15, 0.2) is 0 Å². The van der Waals surface area contributed by atoms with E-state index in [-0.39, 0.29) is 11.9 Å². The molecule has 2 atom stereocenters. The quantitative estimate of drug-likeness (QED) is 0.612. The Balaban J connectivity index is 1.98. The van der Waals surface area contributed by atoms with Crippen molar-refractivity contribution in [3.63, 3.8) is 0 Å². The molecule has 0 radical (unpaired) electrons. The van der Waals surface area contributed by atoms with Gasteiger partial charge in [0.2, 0.25) is 15.9 Å². The maximum absolute atomic E-state index is 12.6. The minimum atomic E-state index is -3.31. The molecule has 3 N–H and O–H groups in total. The Morgan fingerprint density at radius 2 is 1.59 bits per heavy atom. The Morgan fingerprint density at radius 1 is 1.00 bits per heavy atom. The molecule has 7 heteroatoms. The first kappa shape index (κ1) is 20.8. The molecular formula is C20H27N3O3S. The summed E-state index contributed by atoms with van der Waals surface area (Å²) in [5, 5.41) is 6.24. The van der Waals surface area contributed by atoms with Crippen molar-refractivity contribution in [3.8, 4) is 0 Å². The van der Waals surface area contributed by atoms with Gasteiger partial charge in [-0.2, -0.15) is 0 Å². The molecule has 2 aromatic carbocycles. The lowest BCUT2D eigenvalue weighted by Gasteiger charge is -2.22. The number of rotatable bonds is 9. The second-order valence-electron chi connectivity index (χ2n) is 6.58. The summed E-state index contributed by atoms with van der Waals surface area (Å²) in [5.74, 6) is -0.0874. The van der Waals surface area contributed by atoms with E-state index in [0.717, 1.165) is 30.3 Å². The first-order chi connectivity index (χ1) is 12.8. The molecule has 6 nitrogen and oxygen atoms in total. The highest BCUT2D eigenvalue weighted by molar-refractivity contribution is 7.92. The smallest absolute Gasteiger partial charge is 0.242 e. The number of carbonyl (C=O) groups is 1. The van der Waals surface area contributed by atoms with E-state index in [4.69, 9.17) is 0 Å². The molecule has 0 aliphatic carbocycles. The Kier molecular flexibility index (Phi) is 7.24. The van der Waals surface area contributed by atoms with Gasteiger partial charge < -0.3 is 10.6 Å². The average molecular weight is 390 g/mol. The molecule has 0 spiro atoms. The maximum Gasteiger partial charge on any atom is 0.242 e. The van der Waals surface area contributed by atoms with Crippen LogP contribution in [0.15, 0.2) is 54.6 Å². The zero-order chi connectivity index (χ0) is 19.9. The highest BCUT2D eigenvalue weighted by Crippen LogP contribution is 2.19. The van der Waals surface area contributed by atoms with Gasteiger partial charge in [0.1, 0.15) is 6.04 Å². The number of amides is 1. The first-order valence-electron chi connectivity index (χ1n) is 8.98. The highest BCUT2D eigenvalue weighted by Gasteiger charge is 2.18. The van der Waals surface area contributed by atoms with Gasteiger partial charge in [-0.1, -0.05) is 43.7 Å². The lowest BCUT2D eigenvalue weighted by molar-refractivity contribution is -0.122. The van der Waals surface area contributed by atoms with Gasteiger partial charge in [0.25, 0.3) is 0 Å². The Bertz CT molecular complexity index is 837. The molecule has 0 unspecified atom stereocenters. The van der Waals surface area contributed by atoms with E-state index in [1.807, 2.05) is 30.3 Å². The summed E-state index contributed by atoms with van der Waals surface area (Å²) in [7, 11) is -3.31. The van der Waals surface area contributed by atoms with E-state index in [0.29, 0.717) is 5.69 Å². The minimum Gasteiger partial charge on any atom is -0.374 e. The SMILES string of the molecule is CCC[C@H](NC(=O)[C@@H](C)Nc1ccc(NS(C)(=O)=O)cc1)c1ccccc1. The van der Waals surface area contributed by atoms with Gasteiger partial charge in [-0.15, -0.1) is 0 Å². The molecule has 27 heavy (non-hydrogen) atoms. The van der Waals surface area contributed by atoms with Crippen LogP contribution in [0, 0.1) is 0 Å². The van der Waals surface area contributed by atoms with Crippen molar-refractivity contribution < 1.29 is 13.2 Å². The molecule has 2 aromatic rings. The summed E-state index contributed by atoms with van der Waals surface area (Å²) in [5.41, 5.74) is 2.31. The van der Waals surface area contributed by atoms with Gasteiger partial charge in [0, 0.05) is 11.4 Å². The third-order valence-corrected chi connectivity index (χ3v) is 4.67. The van der Waals surface area contributed by atoms with Crippen molar-refractivity contribution in [2.24, 2.45) is 0 Å². The van der Waals surface area contributed by atoms with Crippen molar-refractivity contribution >= 4 is 27.3 Å². The molecule has 0 heterocycles. The van der Waals surface area contributed by atoms with E-state index in [1.165, 1.54) is 0 Å². The number of hydrogen-bond donors (Lipinski definition) is 3. The molecule has 1 amide bonds. The predicted molar refractivity (Wildman–Crippen MR) is 110 cm³/mol. The molecule has 0 bridgehead atoms. The fraction of sp³-hybridized carbons (Fsp3) is 0.350. The fourth-order valence-electron chi connectivity index (χ4n) is 2.76. The maximum atomic E-state index is 12.6. The second kappa shape index (κ2) is 9.41. The third-order valence-electron chi connectivity index (χ3n) is 4.06. The Hall–Kier alpha value is -2.54. The van der Waals surface area contributed by atoms with E-state index in [2.05, 4.69) is 22.3 Å². The summed E-state index contributed by atoms with van der Waals surface area (Å²) in [6.07, 6.45) is 2.94. The van der Waals surface area contributed by atoms with Crippen LogP contribution in [0.25, 0.3) is 0 Å². The van der Waals surface area contributed by atoms with Crippen LogP contribution < -0.4 is 15.4 Å². The lowest BCUT2D eigenvalue weighted by atomic mass is 10.0. The number of carbonyl (C=O) groups excluding carboxylic acids is 1. The normalized spacial score (nSPS) is 13.4. The highest BCUT2D eigenvalue weighted by atomic mass is 32.2. The summed E-state index contributed by atoms with van der Waals surface area (Å²) >= 11 is 0.